The molecule has 1 aromatic carbocycles. The molecule has 3 rings (SSSR count). The Morgan fingerprint density at radius 3 is 2.48 bits per heavy atom. The molecular formula is C15H11F3N6O. The summed E-state index contributed by atoms with van der Waals surface area (Å²) in [6.07, 6.45) is 1.24. The summed E-state index contributed by atoms with van der Waals surface area (Å²) in [5, 5.41) is 8.55. The van der Waals surface area contributed by atoms with Gasteiger partial charge in [0.25, 0.3) is 0 Å². The van der Waals surface area contributed by atoms with E-state index in [0.717, 1.165) is 6.07 Å². The van der Waals surface area contributed by atoms with Crippen LogP contribution in [0.1, 0.15) is 5.56 Å². The number of benzene rings is 1. The van der Waals surface area contributed by atoms with Crippen molar-refractivity contribution in [3.63, 3.8) is 0 Å². The number of halogens is 3. The van der Waals surface area contributed by atoms with Crippen LogP contribution in [0.5, 0.6) is 0 Å². The van der Waals surface area contributed by atoms with E-state index in [-0.39, 0.29) is 11.4 Å². The number of anilines is 2. The van der Waals surface area contributed by atoms with Crippen molar-refractivity contribution in [3.8, 4) is 5.95 Å². The first-order valence-electron chi connectivity index (χ1n) is 7.00. The molecule has 0 saturated heterocycles. The lowest BCUT2D eigenvalue weighted by molar-refractivity contribution is -0.136. The Bertz CT molecular complexity index is 878. The molecule has 2 aromatic heterocycles. The topological polar surface area (TPSA) is 84.7 Å². The van der Waals surface area contributed by atoms with Gasteiger partial charge in [0.2, 0.25) is 5.95 Å². The number of rotatable bonds is 3. The van der Waals surface area contributed by atoms with Crippen molar-refractivity contribution >= 4 is 17.4 Å². The van der Waals surface area contributed by atoms with Crippen LogP contribution in [0.2, 0.25) is 0 Å². The van der Waals surface area contributed by atoms with Crippen LogP contribution in [0.25, 0.3) is 5.95 Å². The number of hydrogen-bond donors (Lipinski definition) is 2. The van der Waals surface area contributed by atoms with Gasteiger partial charge in [0.1, 0.15) is 0 Å². The second kappa shape index (κ2) is 6.59. The highest BCUT2D eigenvalue weighted by atomic mass is 19.4. The molecule has 7 nitrogen and oxygen atoms in total. The van der Waals surface area contributed by atoms with Crippen molar-refractivity contribution in [2.24, 2.45) is 0 Å². The van der Waals surface area contributed by atoms with Crippen molar-refractivity contribution in [2.45, 2.75) is 6.18 Å². The van der Waals surface area contributed by atoms with Crippen LogP contribution in [0.4, 0.5) is 29.3 Å². The van der Waals surface area contributed by atoms with Gasteiger partial charge in [0, 0.05) is 12.4 Å². The highest BCUT2D eigenvalue weighted by Gasteiger charge is 2.33. The molecule has 0 bridgehead atoms. The molecule has 3 aromatic rings. The van der Waals surface area contributed by atoms with E-state index in [4.69, 9.17) is 0 Å². The van der Waals surface area contributed by atoms with E-state index in [2.05, 4.69) is 25.7 Å². The normalized spacial score (nSPS) is 11.2. The van der Waals surface area contributed by atoms with E-state index in [1.165, 1.54) is 47.7 Å². The zero-order valence-electron chi connectivity index (χ0n) is 12.5. The average Bonchev–Trinajstić information content (AvgIpc) is 3.03. The van der Waals surface area contributed by atoms with E-state index in [9.17, 15) is 18.0 Å². The maximum atomic E-state index is 12.9. The molecule has 0 fully saturated rings. The Balaban J connectivity index is 1.71. The third-order valence-electron chi connectivity index (χ3n) is 3.08. The summed E-state index contributed by atoms with van der Waals surface area (Å²) in [7, 11) is 0. The fraction of sp³-hybridized carbons (Fsp3) is 0.0667. The minimum Gasteiger partial charge on any atom is -0.307 e. The monoisotopic (exact) mass is 348 g/mol. The number of carbonyl (C=O) groups excluding carboxylic acids is 1. The Morgan fingerprint density at radius 1 is 1.04 bits per heavy atom. The fourth-order valence-corrected chi connectivity index (χ4v) is 2.03. The number of amides is 2. The van der Waals surface area contributed by atoms with Crippen molar-refractivity contribution in [1.82, 2.24) is 19.7 Å². The van der Waals surface area contributed by atoms with Gasteiger partial charge < -0.3 is 10.6 Å². The van der Waals surface area contributed by atoms with E-state index < -0.39 is 17.8 Å². The zero-order valence-corrected chi connectivity index (χ0v) is 12.5. The van der Waals surface area contributed by atoms with E-state index in [0.29, 0.717) is 5.95 Å². The van der Waals surface area contributed by atoms with Crippen molar-refractivity contribution < 1.29 is 18.0 Å². The quantitative estimate of drug-likeness (QED) is 0.760. The molecule has 2 heterocycles. The van der Waals surface area contributed by atoms with Gasteiger partial charge in [0.05, 0.1) is 29.3 Å². The minimum atomic E-state index is -4.57. The fourth-order valence-electron chi connectivity index (χ4n) is 2.03. The van der Waals surface area contributed by atoms with Gasteiger partial charge in [-0.1, -0.05) is 12.1 Å². The number of alkyl halides is 3. The van der Waals surface area contributed by atoms with Crippen LogP contribution in [-0.2, 0) is 6.18 Å². The summed E-state index contributed by atoms with van der Waals surface area (Å²) in [6.45, 7) is 0. The second-order valence-electron chi connectivity index (χ2n) is 4.84. The van der Waals surface area contributed by atoms with Crippen molar-refractivity contribution in [2.75, 3.05) is 10.6 Å². The highest BCUT2D eigenvalue weighted by molar-refractivity contribution is 6.00. The van der Waals surface area contributed by atoms with Crippen LogP contribution < -0.4 is 10.6 Å². The van der Waals surface area contributed by atoms with Crippen LogP contribution in [0.15, 0.2) is 55.1 Å². The van der Waals surface area contributed by atoms with Crippen LogP contribution in [-0.4, -0.2) is 25.8 Å². The summed E-state index contributed by atoms with van der Waals surface area (Å²) >= 11 is 0. The summed E-state index contributed by atoms with van der Waals surface area (Å²) in [5.41, 5.74) is -1.00. The molecule has 0 aliphatic carbocycles. The molecular weight excluding hydrogens is 337 g/mol. The Hall–Kier alpha value is -3.43. The molecule has 10 heteroatoms. The zero-order chi connectivity index (χ0) is 17.9. The molecule has 0 unspecified atom stereocenters. The van der Waals surface area contributed by atoms with Crippen molar-refractivity contribution in [3.05, 3.63) is 60.7 Å². The van der Waals surface area contributed by atoms with Gasteiger partial charge in [-0.2, -0.15) is 18.3 Å². The predicted molar refractivity (Wildman–Crippen MR) is 83.2 cm³/mol. The van der Waals surface area contributed by atoms with Gasteiger partial charge in [0.15, 0.2) is 0 Å². The lowest BCUT2D eigenvalue weighted by atomic mass is 10.1. The third kappa shape index (κ3) is 3.91. The Kier molecular flexibility index (Phi) is 4.33. The van der Waals surface area contributed by atoms with Gasteiger partial charge >= 0.3 is 12.2 Å². The highest BCUT2D eigenvalue weighted by Crippen LogP contribution is 2.34. The minimum absolute atomic E-state index is 0.273. The van der Waals surface area contributed by atoms with Crippen LogP contribution >= 0.6 is 0 Å². The van der Waals surface area contributed by atoms with Gasteiger partial charge in [-0.15, -0.1) is 0 Å². The second-order valence-corrected chi connectivity index (χ2v) is 4.84. The van der Waals surface area contributed by atoms with Crippen LogP contribution in [0, 0.1) is 0 Å². The number of nitrogens with zero attached hydrogens (tertiary/aromatic N) is 4. The molecule has 0 aliphatic heterocycles. The van der Waals surface area contributed by atoms with Gasteiger partial charge in [-0.05, 0) is 18.2 Å². The number of urea groups is 1. The largest absolute Gasteiger partial charge is 0.418 e. The summed E-state index contributed by atoms with van der Waals surface area (Å²) in [6, 6.07) is 5.51. The summed E-state index contributed by atoms with van der Waals surface area (Å²) in [5.74, 6) is 0.290. The maximum Gasteiger partial charge on any atom is 0.418 e. The molecule has 25 heavy (non-hydrogen) atoms. The lowest BCUT2D eigenvalue weighted by Crippen LogP contribution is -2.21. The number of para-hydroxylation sites is 1. The summed E-state index contributed by atoms with van der Waals surface area (Å²) in [4.78, 5) is 19.9. The van der Waals surface area contributed by atoms with Crippen molar-refractivity contribution in [1.29, 1.82) is 0 Å². The third-order valence-corrected chi connectivity index (χ3v) is 3.08. The number of nitrogens with one attached hydrogen (secondary N) is 2. The van der Waals surface area contributed by atoms with Gasteiger partial charge in [-0.3, -0.25) is 0 Å². The number of hydrogen-bond acceptors (Lipinski definition) is 4. The standard InChI is InChI=1S/C15H11F3N6O/c16-15(17,18)11-4-1-2-5-12(11)23-14(25)22-10-8-21-24(9-10)13-19-6-3-7-20-13/h1-9H,(H2,22,23,25). The summed E-state index contributed by atoms with van der Waals surface area (Å²) < 4.78 is 40.1. The molecule has 0 radical (unpaired) electrons. The Labute approximate surface area is 139 Å². The Morgan fingerprint density at radius 2 is 1.76 bits per heavy atom. The molecule has 128 valence electrons. The predicted octanol–water partition coefficient (Wildman–Crippen LogP) is 3.33. The molecule has 2 N–H and O–H groups in total. The first-order valence-corrected chi connectivity index (χ1v) is 7.00. The molecule has 0 atom stereocenters. The first kappa shape index (κ1) is 16.4. The number of carbonyl (C=O) groups is 1. The molecule has 2 amide bonds. The SMILES string of the molecule is O=C(Nc1cnn(-c2ncccn2)c1)Nc1ccccc1C(F)(F)F. The van der Waals surface area contributed by atoms with E-state index in [1.807, 2.05) is 0 Å². The maximum absolute atomic E-state index is 12.9. The average molecular weight is 348 g/mol. The molecule has 0 spiro atoms. The van der Waals surface area contributed by atoms with Gasteiger partial charge in [-0.25, -0.2) is 19.4 Å². The lowest BCUT2D eigenvalue weighted by Gasteiger charge is -2.13. The van der Waals surface area contributed by atoms with E-state index in [1.54, 1.807) is 6.07 Å². The number of aromatic nitrogens is 4. The molecule has 0 saturated carbocycles. The smallest absolute Gasteiger partial charge is 0.307 e. The molecule has 0 aliphatic rings. The van der Waals surface area contributed by atoms with E-state index >= 15 is 0 Å². The van der Waals surface area contributed by atoms with Crippen LogP contribution in [0.3, 0.4) is 0 Å². The first-order chi connectivity index (χ1) is 11.9.